The molecule has 2 aliphatic rings. The van der Waals surface area contributed by atoms with Gasteiger partial charge in [0.15, 0.2) is 0 Å². The minimum absolute atomic E-state index is 0. The summed E-state index contributed by atoms with van der Waals surface area (Å²) in [7, 11) is 0. The number of halogens is 1. The molecule has 0 spiro atoms. The largest absolute Gasteiger partial charge is 0.394 e. The van der Waals surface area contributed by atoms with Gasteiger partial charge in [0.2, 0.25) is 5.91 Å². The molecule has 2 fully saturated rings. The average molecular weight is 563 g/mol. The molecule has 2 saturated heterocycles. The van der Waals surface area contributed by atoms with Gasteiger partial charge in [-0.2, -0.15) is 4.98 Å². The fourth-order valence-corrected chi connectivity index (χ4v) is 4.76. The van der Waals surface area contributed by atoms with E-state index in [1.54, 1.807) is 17.2 Å². The molecule has 1 aromatic carbocycles. The molecule has 39 heavy (non-hydrogen) atoms. The molecule has 2 aromatic rings. The first-order valence-electron chi connectivity index (χ1n) is 13.0. The number of rotatable bonds is 6. The lowest BCUT2D eigenvalue weighted by molar-refractivity contribution is -0.139. The summed E-state index contributed by atoms with van der Waals surface area (Å²) in [5.41, 5.74) is 13.0. The van der Waals surface area contributed by atoms with E-state index in [1.165, 1.54) is 22.0 Å². The van der Waals surface area contributed by atoms with E-state index in [2.05, 4.69) is 15.2 Å². The molecular weight excluding hydrogens is 524 g/mol. The average Bonchev–Trinajstić information content (AvgIpc) is 2.91. The third-order valence-electron chi connectivity index (χ3n) is 7.34. The van der Waals surface area contributed by atoms with E-state index in [0.717, 1.165) is 38.0 Å². The van der Waals surface area contributed by atoms with Crippen LogP contribution >= 0.6 is 12.4 Å². The maximum atomic E-state index is 12.8. The number of aromatic nitrogens is 2. The van der Waals surface area contributed by atoms with Crippen molar-refractivity contribution in [3.63, 3.8) is 0 Å². The van der Waals surface area contributed by atoms with E-state index < -0.39 is 23.9 Å². The van der Waals surface area contributed by atoms with Crippen LogP contribution in [0.2, 0.25) is 0 Å². The second-order valence-electron chi connectivity index (χ2n) is 10.5. The number of nitrogens with one attached hydrogen (secondary N) is 1. The van der Waals surface area contributed by atoms with Gasteiger partial charge in [-0.1, -0.05) is 6.07 Å². The lowest BCUT2D eigenvalue weighted by Gasteiger charge is -2.37. The highest BCUT2D eigenvalue weighted by Crippen LogP contribution is 2.19. The van der Waals surface area contributed by atoms with Crippen LogP contribution in [-0.4, -0.2) is 98.8 Å². The second kappa shape index (κ2) is 12.9. The molecule has 1 aromatic heterocycles. The van der Waals surface area contributed by atoms with E-state index in [-0.39, 0.29) is 24.1 Å². The summed E-state index contributed by atoms with van der Waals surface area (Å²) in [5, 5.41) is 12.0. The molecule has 1 atom stereocenters. The number of likely N-dealkylation sites (tertiary alicyclic amines) is 1. The first-order chi connectivity index (χ1) is 18.1. The van der Waals surface area contributed by atoms with Gasteiger partial charge < -0.3 is 26.4 Å². The van der Waals surface area contributed by atoms with Crippen LogP contribution in [0.15, 0.2) is 35.3 Å². The van der Waals surface area contributed by atoms with Gasteiger partial charge in [0, 0.05) is 45.0 Å². The summed E-state index contributed by atoms with van der Waals surface area (Å²) in [4.78, 5) is 47.4. The van der Waals surface area contributed by atoms with E-state index in [4.69, 9.17) is 11.5 Å². The van der Waals surface area contributed by atoms with Crippen LogP contribution < -0.4 is 22.5 Å². The van der Waals surface area contributed by atoms with E-state index >= 15 is 0 Å². The van der Waals surface area contributed by atoms with Crippen LogP contribution in [0.4, 0.5) is 10.6 Å². The molecule has 2 aliphatic heterocycles. The number of piperazine rings is 1. The van der Waals surface area contributed by atoms with Crippen LogP contribution in [-0.2, 0) is 11.3 Å². The number of hydrogen-bond acceptors (Lipinski definition) is 8. The van der Waals surface area contributed by atoms with Crippen LogP contribution in [0, 0.1) is 6.92 Å². The predicted octanol–water partition coefficient (Wildman–Crippen LogP) is 0.272. The Bertz CT molecular complexity index is 1220. The van der Waals surface area contributed by atoms with Crippen molar-refractivity contribution in [3.05, 3.63) is 52.1 Å². The Morgan fingerprint density at radius 2 is 1.74 bits per heavy atom. The fraction of sp³-hybridized carbons (Fsp3) is 0.538. The first-order valence-corrected chi connectivity index (χ1v) is 13.0. The Kier molecular flexibility index (Phi) is 10.1. The summed E-state index contributed by atoms with van der Waals surface area (Å²) < 4.78 is 1.45. The van der Waals surface area contributed by atoms with Gasteiger partial charge in [-0.3, -0.25) is 19.6 Å². The van der Waals surface area contributed by atoms with Gasteiger partial charge in [0.1, 0.15) is 11.4 Å². The Morgan fingerprint density at radius 1 is 1.10 bits per heavy atom. The van der Waals surface area contributed by atoms with Gasteiger partial charge in [-0.25, -0.2) is 9.59 Å². The van der Waals surface area contributed by atoms with E-state index in [0.29, 0.717) is 37.9 Å². The number of aryl methyl sites for hydroxylation is 1. The summed E-state index contributed by atoms with van der Waals surface area (Å²) in [6.07, 6.45) is 3.61. The molecule has 0 saturated carbocycles. The quantitative estimate of drug-likeness (QED) is 0.390. The summed E-state index contributed by atoms with van der Waals surface area (Å²) >= 11 is 0. The number of nitrogens with zero attached hydrogens (tertiary/aromatic N) is 5. The van der Waals surface area contributed by atoms with Crippen molar-refractivity contribution in [1.29, 1.82) is 0 Å². The number of aliphatic hydroxyl groups excluding tert-OH is 1. The van der Waals surface area contributed by atoms with Crippen molar-refractivity contribution in [3.8, 4) is 5.69 Å². The highest BCUT2D eigenvalue weighted by molar-refractivity contribution is 5.89. The normalized spacial score (nSPS) is 18.3. The van der Waals surface area contributed by atoms with Crippen molar-refractivity contribution in [2.75, 3.05) is 51.2 Å². The maximum Gasteiger partial charge on any atom is 0.354 e. The Labute approximate surface area is 234 Å². The van der Waals surface area contributed by atoms with Crippen molar-refractivity contribution < 1.29 is 14.7 Å². The monoisotopic (exact) mass is 562 g/mol. The predicted molar refractivity (Wildman–Crippen MR) is 151 cm³/mol. The molecule has 0 radical (unpaired) electrons. The number of piperidine rings is 1. The second-order valence-corrected chi connectivity index (χ2v) is 10.5. The van der Waals surface area contributed by atoms with Gasteiger partial charge in [0.05, 0.1) is 12.3 Å². The van der Waals surface area contributed by atoms with Crippen LogP contribution in [0.1, 0.15) is 30.9 Å². The number of nitrogens with two attached hydrogens (primary N) is 2. The summed E-state index contributed by atoms with van der Waals surface area (Å²) in [5.74, 6) is -0.203. The van der Waals surface area contributed by atoms with E-state index in [9.17, 15) is 19.5 Å². The van der Waals surface area contributed by atoms with Crippen LogP contribution in [0.3, 0.4) is 0 Å². The van der Waals surface area contributed by atoms with Crippen molar-refractivity contribution in [1.82, 2.24) is 24.3 Å². The number of carbonyl (C=O) groups is 2. The molecule has 0 aliphatic carbocycles. The third kappa shape index (κ3) is 7.34. The molecule has 6 N–H and O–H groups in total. The zero-order chi connectivity index (χ0) is 27.4. The molecule has 13 heteroatoms. The lowest BCUT2D eigenvalue weighted by Crippen LogP contribution is -2.60. The SMILES string of the molecule is Cc1cc(-n2ccc(NC(=O)N3CCN(C(=O)C(C)(N)CO)CC3)nc2=O)ccc1CN1CCC(N)CC1.Cl. The number of benzene rings is 1. The van der Waals surface area contributed by atoms with Gasteiger partial charge in [-0.05, 0) is 69.1 Å². The van der Waals surface area contributed by atoms with Gasteiger partial charge >= 0.3 is 11.7 Å². The number of urea groups is 1. The number of aliphatic hydroxyl groups is 1. The lowest BCUT2D eigenvalue weighted by atomic mass is 10.0. The summed E-state index contributed by atoms with van der Waals surface area (Å²) in [6, 6.07) is 7.39. The first kappa shape index (κ1) is 30.5. The van der Waals surface area contributed by atoms with Crippen molar-refractivity contribution in [2.24, 2.45) is 11.5 Å². The van der Waals surface area contributed by atoms with Crippen molar-refractivity contribution >= 4 is 30.2 Å². The van der Waals surface area contributed by atoms with Gasteiger partial charge in [0.25, 0.3) is 0 Å². The minimum Gasteiger partial charge on any atom is -0.394 e. The molecular formula is C26H39ClN8O4. The molecule has 12 nitrogen and oxygen atoms in total. The Hall–Kier alpha value is -3.03. The van der Waals surface area contributed by atoms with Crippen molar-refractivity contribution in [2.45, 2.75) is 44.8 Å². The zero-order valence-corrected chi connectivity index (χ0v) is 23.3. The standard InChI is InChI=1S/C26H38N8O4.ClH/c1-18-15-21(4-3-19(18)16-31-8-5-20(27)6-9-31)34-10-7-22(30-25(34)38)29-24(37)33-13-11-32(12-14-33)23(36)26(2,28)17-35;/h3-4,7,10,15,20,35H,5-6,8-9,11-14,16-17,27-28H2,1-2H3,(H,29,30,37,38);1H. The molecule has 0 bridgehead atoms. The number of amides is 3. The molecule has 4 rings (SSSR count). The van der Waals surface area contributed by atoms with Gasteiger partial charge in [-0.15, -0.1) is 12.4 Å². The highest BCUT2D eigenvalue weighted by Gasteiger charge is 2.34. The smallest absolute Gasteiger partial charge is 0.354 e. The van der Waals surface area contributed by atoms with E-state index in [1.807, 2.05) is 25.1 Å². The molecule has 1 unspecified atom stereocenters. The van der Waals surface area contributed by atoms with Crippen LogP contribution in [0.25, 0.3) is 5.69 Å². The topological polar surface area (TPSA) is 163 Å². The fourth-order valence-electron chi connectivity index (χ4n) is 4.76. The maximum absolute atomic E-state index is 12.8. The summed E-state index contributed by atoms with van der Waals surface area (Å²) in [6.45, 7) is 7.08. The number of anilines is 1. The minimum atomic E-state index is -1.35. The molecule has 214 valence electrons. The zero-order valence-electron chi connectivity index (χ0n) is 22.5. The molecule has 3 amide bonds. The third-order valence-corrected chi connectivity index (χ3v) is 7.34. The number of carbonyl (C=O) groups excluding carboxylic acids is 2. The van der Waals surface area contributed by atoms with Crippen LogP contribution in [0.5, 0.6) is 0 Å². The number of hydrogen-bond donors (Lipinski definition) is 4. The Balaban J connectivity index is 0.00000420. The Morgan fingerprint density at radius 3 is 2.33 bits per heavy atom. The molecule has 3 heterocycles. The highest BCUT2D eigenvalue weighted by atomic mass is 35.5.